The minimum atomic E-state index is -0.130. The molecule has 100 valence electrons. The lowest BCUT2D eigenvalue weighted by molar-refractivity contribution is 0.0899. The Morgan fingerprint density at radius 3 is 2.72 bits per heavy atom. The van der Waals surface area contributed by atoms with Gasteiger partial charge in [0.05, 0.1) is 6.54 Å². The van der Waals surface area contributed by atoms with Gasteiger partial charge in [0.1, 0.15) is 5.76 Å². The lowest BCUT2D eigenvalue weighted by atomic mass is 9.83. The molecule has 0 spiro atoms. The van der Waals surface area contributed by atoms with Crippen molar-refractivity contribution >= 4 is 5.91 Å². The Kier molecular flexibility index (Phi) is 4.07. The third-order valence-corrected chi connectivity index (χ3v) is 4.12. The number of nitrogens with one attached hydrogen (secondary N) is 1. The van der Waals surface area contributed by atoms with Crippen LogP contribution in [0.3, 0.4) is 0 Å². The van der Waals surface area contributed by atoms with Gasteiger partial charge in [0.25, 0.3) is 5.91 Å². The molecule has 1 saturated carbocycles. The number of hydrogen-bond acceptors (Lipinski definition) is 3. The molecular formula is C14H22N2O2. The topological polar surface area (TPSA) is 68.3 Å². The molecule has 0 radical (unpaired) electrons. The standard InChI is InChI=1S/C14H22N2O2/c1-2-14(7-3-4-8-14)10-16-13(17)12-6-5-11(9-15)18-12/h5-6H,2-4,7-10,15H2,1H3,(H,16,17). The molecule has 1 aliphatic carbocycles. The predicted molar refractivity (Wildman–Crippen MR) is 70.1 cm³/mol. The highest BCUT2D eigenvalue weighted by Gasteiger charge is 2.32. The third kappa shape index (κ3) is 2.75. The predicted octanol–water partition coefficient (Wildman–Crippen LogP) is 2.44. The van der Waals surface area contributed by atoms with Crippen molar-refractivity contribution in [3.63, 3.8) is 0 Å². The molecule has 4 nitrogen and oxygen atoms in total. The number of rotatable bonds is 5. The van der Waals surface area contributed by atoms with E-state index in [0.717, 1.165) is 13.0 Å². The molecule has 1 fully saturated rings. The number of carbonyl (C=O) groups excluding carboxylic acids is 1. The molecule has 1 aromatic rings. The van der Waals surface area contributed by atoms with Crippen LogP contribution in [0.5, 0.6) is 0 Å². The monoisotopic (exact) mass is 250 g/mol. The summed E-state index contributed by atoms with van der Waals surface area (Å²) in [5.74, 6) is 0.875. The lowest BCUT2D eigenvalue weighted by Crippen LogP contribution is -2.35. The maximum absolute atomic E-state index is 11.9. The van der Waals surface area contributed by atoms with Gasteiger partial charge in [-0.05, 0) is 36.8 Å². The van der Waals surface area contributed by atoms with Crippen molar-refractivity contribution < 1.29 is 9.21 Å². The van der Waals surface area contributed by atoms with Crippen molar-refractivity contribution in [3.8, 4) is 0 Å². The largest absolute Gasteiger partial charge is 0.455 e. The van der Waals surface area contributed by atoms with Gasteiger partial charge in [-0.15, -0.1) is 0 Å². The summed E-state index contributed by atoms with van der Waals surface area (Å²) in [7, 11) is 0. The zero-order chi connectivity index (χ0) is 13.0. The van der Waals surface area contributed by atoms with E-state index in [9.17, 15) is 4.79 Å². The van der Waals surface area contributed by atoms with E-state index in [1.165, 1.54) is 25.7 Å². The summed E-state index contributed by atoms with van der Waals surface area (Å²) in [6.07, 6.45) is 6.12. The first-order valence-electron chi connectivity index (χ1n) is 6.76. The summed E-state index contributed by atoms with van der Waals surface area (Å²) < 4.78 is 5.34. The fourth-order valence-electron chi connectivity index (χ4n) is 2.74. The summed E-state index contributed by atoms with van der Waals surface area (Å²) in [5.41, 5.74) is 5.76. The van der Waals surface area contributed by atoms with Crippen molar-refractivity contribution in [1.82, 2.24) is 5.32 Å². The highest BCUT2D eigenvalue weighted by atomic mass is 16.4. The average Bonchev–Trinajstić information content (AvgIpc) is 3.05. The number of nitrogens with two attached hydrogens (primary N) is 1. The number of furan rings is 1. The van der Waals surface area contributed by atoms with E-state index < -0.39 is 0 Å². The van der Waals surface area contributed by atoms with E-state index >= 15 is 0 Å². The molecule has 0 aromatic carbocycles. The van der Waals surface area contributed by atoms with E-state index in [1.807, 2.05) is 0 Å². The van der Waals surface area contributed by atoms with Crippen molar-refractivity contribution in [1.29, 1.82) is 0 Å². The summed E-state index contributed by atoms with van der Waals surface area (Å²) >= 11 is 0. The Morgan fingerprint density at radius 1 is 1.44 bits per heavy atom. The van der Waals surface area contributed by atoms with Crippen LogP contribution >= 0.6 is 0 Å². The van der Waals surface area contributed by atoms with Crippen molar-refractivity contribution in [2.45, 2.75) is 45.6 Å². The Morgan fingerprint density at radius 2 is 2.17 bits per heavy atom. The number of hydrogen-bond donors (Lipinski definition) is 2. The van der Waals surface area contributed by atoms with Gasteiger partial charge in [-0.25, -0.2) is 0 Å². The van der Waals surface area contributed by atoms with Gasteiger partial charge >= 0.3 is 0 Å². The first kappa shape index (κ1) is 13.1. The minimum Gasteiger partial charge on any atom is -0.455 e. The third-order valence-electron chi connectivity index (χ3n) is 4.12. The Balaban J connectivity index is 1.91. The zero-order valence-corrected chi connectivity index (χ0v) is 11.0. The number of carbonyl (C=O) groups is 1. The smallest absolute Gasteiger partial charge is 0.287 e. The van der Waals surface area contributed by atoms with E-state index in [1.54, 1.807) is 12.1 Å². The van der Waals surface area contributed by atoms with Crippen LogP contribution in [-0.4, -0.2) is 12.5 Å². The second-order valence-electron chi connectivity index (χ2n) is 5.21. The van der Waals surface area contributed by atoms with Crippen LogP contribution in [0.25, 0.3) is 0 Å². The van der Waals surface area contributed by atoms with E-state index in [0.29, 0.717) is 23.5 Å². The Labute approximate surface area is 108 Å². The molecule has 1 aromatic heterocycles. The summed E-state index contributed by atoms with van der Waals surface area (Å²) in [6, 6.07) is 3.44. The van der Waals surface area contributed by atoms with Gasteiger partial charge in [-0.3, -0.25) is 4.79 Å². The maximum Gasteiger partial charge on any atom is 0.287 e. The molecule has 0 bridgehead atoms. The maximum atomic E-state index is 11.9. The normalized spacial score (nSPS) is 17.9. The van der Waals surface area contributed by atoms with Crippen LogP contribution in [0, 0.1) is 5.41 Å². The molecule has 1 aliphatic rings. The first-order chi connectivity index (χ1) is 8.69. The van der Waals surface area contributed by atoms with Gasteiger partial charge in [0, 0.05) is 6.54 Å². The summed E-state index contributed by atoms with van der Waals surface area (Å²) in [4.78, 5) is 11.9. The second-order valence-corrected chi connectivity index (χ2v) is 5.21. The quantitative estimate of drug-likeness (QED) is 0.843. The summed E-state index contributed by atoms with van der Waals surface area (Å²) in [6.45, 7) is 3.28. The Bertz CT molecular complexity index is 406. The van der Waals surface area contributed by atoms with Crippen LogP contribution in [0.1, 0.15) is 55.3 Å². The van der Waals surface area contributed by atoms with Gasteiger partial charge in [-0.2, -0.15) is 0 Å². The highest BCUT2D eigenvalue weighted by molar-refractivity contribution is 5.91. The van der Waals surface area contributed by atoms with Gasteiger partial charge < -0.3 is 15.5 Å². The molecule has 1 heterocycles. The SMILES string of the molecule is CCC1(CNC(=O)c2ccc(CN)o2)CCCC1. The molecule has 18 heavy (non-hydrogen) atoms. The number of amides is 1. The van der Waals surface area contributed by atoms with Crippen LogP contribution in [0.2, 0.25) is 0 Å². The van der Waals surface area contributed by atoms with Crippen LogP contribution < -0.4 is 11.1 Å². The molecule has 1 amide bonds. The average molecular weight is 250 g/mol. The van der Waals surface area contributed by atoms with E-state index in [-0.39, 0.29) is 5.91 Å². The Hall–Kier alpha value is -1.29. The zero-order valence-electron chi connectivity index (χ0n) is 11.0. The molecule has 2 rings (SSSR count). The van der Waals surface area contributed by atoms with Crippen molar-refractivity contribution in [2.24, 2.45) is 11.1 Å². The van der Waals surface area contributed by atoms with Crippen LogP contribution in [-0.2, 0) is 6.54 Å². The molecular weight excluding hydrogens is 228 g/mol. The highest BCUT2D eigenvalue weighted by Crippen LogP contribution is 2.40. The van der Waals surface area contributed by atoms with Crippen LogP contribution in [0.15, 0.2) is 16.5 Å². The summed E-state index contributed by atoms with van der Waals surface area (Å²) in [5, 5.41) is 3.00. The molecule has 0 aliphatic heterocycles. The van der Waals surface area contributed by atoms with E-state index in [4.69, 9.17) is 10.2 Å². The van der Waals surface area contributed by atoms with Crippen molar-refractivity contribution in [3.05, 3.63) is 23.7 Å². The van der Waals surface area contributed by atoms with Crippen molar-refractivity contribution in [2.75, 3.05) is 6.54 Å². The van der Waals surface area contributed by atoms with Crippen LogP contribution in [0.4, 0.5) is 0 Å². The second kappa shape index (κ2) is 5.57. The molecule has 0 unspecified atom stereocenters. The fraction of sp³-hybridized carbons (Fsp3) is 0.643. The molecule has 0 atom stereocenters. The minimum absolute atomic E-state index is 0.130. The van der Waals surface area contributed by atoms with Gasteiger partial charge in [0.2, 0.25) is 0 Å². The molecule has 3 N–H and O–H groups in total. The van der Waals surface area contributed by atoms with Gasteiger partial charge in [-0.1, -0.05) is 19.8 Å². The lowest BCUT2D eigenvalue weighted by Gasteiger charge is -2.27. The van der Waals surface area contributed by atoms with E-state index in [2.05, 4.69) is 12.2 Å². The molecule has 4 heteroatoms. The van der Waals surface area contributed by atoms with Gasteiger partial charge in [0.15, 0.2) is 5.76 Å². The molecule has 0 saturated heterocycles. The fourth-order valence-corrected chi connectivity index (χ4v) is 2.74. The first-order valence-corrected chi connectivity index (χ1v) is 6.76.